The molecule has 0 aliphatic heterocycles. The zero-order chi connectivity index (χ0) is 24.3. The van der Waals surface area contributed by atoms with Crippen molar-refractivity contribution >= 4 is 29.1 Å². The van der Waals surface area contributed by atoms with Crippen LogP contribution >= 0.6 is 23.1 Å². The summed E-state index contributed by atoms with van der Waals surface area (Å²) in [6.07, 6.45) is 0.565. The number of hydrogen-bond donors (Lipinski definition) is 1. The molecule has 34 heavy (non-hydrogen) atoms. The Kier molecular flexibility index (Phi) is 7.67. The van der Waals surface area contributed by atoms with E-state index in [0.29, 0.717) is 12.3 Å². The normalized spacial score (nSPS) is 16.2. The van der Waals surface area contributed by atoms with Gasteiger partial charge in [-0.05, 0) is 68.0 Å². The Morgan fingerprint density at radius 3 is 2.62 bits per heavy atom. The number of benzene rings is 2. The van der Waals surface area contributed by atoms with Crippen LogP contribution in [0, 0.1) is 6.92 Å². The van der Waals surface area contributed by atoms with Crippen molar-refractivity contribution < 1.29 is 23.1 Å². The molecule has 1 atom stereocenters. The number of carboxylic acids is 1. The third-order valence-corrected chi connectivity index (χ3v) is 8.49. The Balaban J connectivity index is 1.48. The lowest BCUT2D eigenvalue weighted by atomic mass is 10.0. The van der Waals surface area contributed by atoms with Gasteiger partial charge in [0.25, 0.3) is 0 Å². The van der Waals surface area contributed by atoms with Gasteiger partial charge in [-0.15, -0.1) is 23.1 Å². The molecule has 2 aromatic carbocycles. The van der Waals surface area contributed by atoms with Crippen LogP contribution in [0.4, 0.5) is 13.2 Å². The summed E-state index contributed by atoms with van der Waals surface area (Å²) in [5.41, 5.74) is 3.34. The minimum atomic E-state index is -4.34. The van der Waals surface area contributed by atoms with Crippen LogP contribution in [-0.4, -0.2) is 21.8 Å². The van der Waals surface area contributed by atoms with Crippen LogP contribution in [-0.2, 0) is 23.8 Å². The van der Waals surface area contributed by atoms with Gasteiger partial charge in [0.2, 0.25) is 0 Å². The number of carbonyl (C=O) groups is 1. The molecule has 3 aromatic rings. The van der Waals surface area contributed by atoms with Gasteiger partial charge in [0.05, 0.1) is 11.3 Å². The van der Waals surface area contributed by atoms with Crippen molar-refractivity contribution in [3.05, 3.63) is 69.7 Å². The maximum atomic E-state index is 12.9. The minimum Gasteiger partial charge on any atom is -0.481 e. The summed E-state index contributed by atoms with van der Waals surface area (Å²) in [5.74, 6) is 0.395. The average molecular weight is 506 g/mol. The molecule has 1 aliphatic carbocycles. The maximum Gasteiger partial charge on any atom is 0.416 e. The summed E-state index contributed by atoms with van der Waals surface area (Å²) in [5, 5.41) is 9.70. The van der Waals surface area contributed by atoms with Crippen LogP contribution in [0.2, 0.25) is 0 Å². The van der Waals surface area contributed by atoms with Gasteiger partial charge in [0.15, 0.2) is 0 Å². The van der Waals surface area contributed by atoms with Gasteiger partial charge in [0.1, 0.15) is 5.01 Å². The molecule has 1 aliphatic rings. The molecule has 1 N–H and O–H groups in total. The number of rotatable bonds is 7. The molecule has 0 amide bonds. The van der Waals surface area contributed by atoms with E-state index in [-0.39, 0.29) is 6.42 Å². The maximum absolute atomic E-state index is 12.9. The van der Waals surface area contributed by atoms with Crippen LogP contribution < -0.4 is 0 Å². The number of aryl methyl sites for hydroxylation is 3. The molecule has 0 radical (unpaired) electrons. The first-order valence-electron chi connectivity index (χ1n) is 11.3. The Hall–Kier alpha value is -2.32. The largest absolute Gasteiger partial charge is 0.481 e. The van der Waals surface area contributed by atoms with Crippen molar-refractivity contribution in [3.63, 3.8) is 0 Å². The fourth-order valence-corrected chi connectivity index (χ4v) is 6.58. The summed E-state index contributed by atoms with van der Waals surface area (Å²) < 4.78 is 38.7. The van der Waals surface area contributed by atoms with Gasteiger partial charge in [-0.3, -0.25) is 4.79 Å². The number of fused-ring (bicyclic) bond motifs is 1. The van der Waals surface area contributed by atoms with Crippen molar-refractivity contribution in [3.8, 4) is 10.6 Å². The fourth-order valence-electron chi connectivity index (χ4n) is 4.24. The van der Waals surface area contributed by atoms with E-state index in [0.717, 1.165) is 75.9 Å². The highest BCUT2D eigenvalue weighted by molar-refractivity contribution is 7.99. The molecule has 180 valence electrons. The second-order valence-electron chi connectivity index (χ2n) is 8.64. The van der Waals surface area contributed by atoms with E-state index in [1.807, 2.05) is 13.0 Å². The Morgan fingerprint density at radius 2 is 1.94 bits per heavy atom. The van der Waals surface area contributed by atoms with Crippen molar-refractivity contribution in [2.45, 2.75) is 62.4 Å². The highest BCUT2D eigenvalue weighted by Gasteiger charge is 2.30. The molecule has 3 nitrogen and oxygen atoms in total. The topological polar surface area (TPSA) is 50.2 Å². The van der Waals surface area contributed by atoms with E-state index in [9.17, 15) is 18.0 Å². The Morgan fingerprint density at radius 1 is 1.18 bits per heavy atom. The van der Waals surface area contributed by atoms with Crippen LogP contribution in [0.15, 0.2) is 47.4 Å². The standard InChI is InChI=1S/C26H26F3NO2S2/c1-16-14-21(12-8-17(16)9-13-23(31)32)33-15-19-4-2-3-5-22-24(19)30-25(34-22)18-6-10-20(11-7-18)26(27,28)29/h6-8,10-12,14,19H,2-5,9,13,15H2,1H3,(H,31,32)/t19-/m1/s1. The van der Waals surface area contributed by atoms with Gasteiger partial charge in [-0.2, -0.15) is 13.2 Å². The highest BCUT2D eigenvalue weighted by Crippen LogP contribution is 2.40. The molecule has 0 bridgehead atoms. The minimum absolute atomic E-state index is 0.128. The number of hydrogen-bond acceptors (Lipinski definition) is 4. The van der Waals surface area contributed by atoms with E-state index >= 15 is 0 Å². The quantitative estimate of drug-likeness (QED) is 0.263. The van der Waals surface area contributed by atoms with E-state index in [4.69, 9.17) is 10.1 Å². The second-order valence-corrected chi connectivity index (χ2v) is 10.8. The van der Waals surface area contributed by atoms with Crippen molar-refractivity contribution in [1.82, 2.24) is 4.98 Å². The summed E-state index contributed by atoms with van der Waals surface area (Å²) >= 11 is 3.38. The number of halogens is 3. The zero-order valence-corrected chi connectivity index (χ0v) is 20.5. The van der Waals surface area contributed by atoms with Gasteiger partial charge in [-0.25, -0.2) is 4.98 Å². The van der Waals surface area contributed by atoms with Crippen molar-refractivity contribution in [2.24, 2.45) is 0 Å². The number of thiazole rings is 1. The van der Waals surface area contributed by atoms with Crippen LogP contribution in [0.3, 0.4) is 0 Å². The smallest absolute Gasteiger partial charge is 0.416 e. The molecular formula is C26H26F3NO2S2. The van der Waals surface area contributed by atoms with E-state index < -0.39 is 17.7 Å². The molecule has 1 aromatic heterocycles. The summed E-state index contributed by atoms with van der Waals surface area (Å²) in [4.78, 5) is 18.2. The van der Waals surface area contributed by atoms with Gasteiger partial charge in [-0.1, -0.05) is 24.6 Å². The third kappa shape index (κ3) is 6.02. The fraction of sp³-hybridized carbons (Fsp3) is 0.385. The summed E-state index contributed by atoms with van der Waals surface area (Å²) in [6.45, 7) is 2.02. The third-order valence-electron chi connectivity index (χ3n) is 6.15. The lowest BCUT2D eigenvalue weighted by Crippen LogP contribution is -2.04. The summed E-state index contributed by atoms with van der Waals surface area (Å²) in [7, 11) is 0. The summed E-state index contributed by atoms with van der Waals surface area (Å²) in [6, 6.07) is 11.5. The van der Waals surface area contributed by atoms with Crippen molar-refractivity contribution in [1.29, 1.82) is 0 Å². The predicted molar refractivity (Wildman–Crippen MR) is 131 cm³/mol. The Labute approximate surface area is 205 Å². The van der Waals surface area contributed by atoms with E-state index in [2.05, 4.69) is 12.1 Å². The molecule has 0 saturated heterocycles. The molecule has 0 fully saturated rings. The number of thioether (sulfide) groups is 1. The second kappa shape index (κ2) is 10.5. The first-order valence-corrected chi connectivity index (χ1v) is 13.1. The average Bonchev–Trinajstić information content (AvgIpc) is 3.12. The SMILES string of the molecule is Cc1cc(SC[C@H]2CCCCc3sc(-c4ccc(C(F)(F)F)cc4)nc32)ccc1CCC(=O)O. The molecule has 0 spiro atoms. The number of aliphatic carboxylic acids is 1. The van der Waals surface area contributed by atoms with Gasteiger partial charge < -0.3 is 5.11 Å². The lowest BCUT2D eigenvalue weighted by Gasteiger charge is -2.14. The number of nitrogens with zero attached hydrogens (tertiary/aromatic N) is 1. The molecule has 1 heterocycles. The van der Waals surface area contributed by atoms with Crippen molar-refractivity contribution in [2.75, 3.05) is 5.75 Å². The monoisotopic (exact) mass is 505 g/mol. The van der Waals surface area contributed by atoms with Gasteiger partial charge >= 0.3 is 12.1 Å². The molecule has 8 heteroatoms. The number of carboxylic acid groups (broad SMARTS) is 1. The lowest BCUT2D eigenvalue weighted by molar-refractivity contribution is -0.138. The first-order chi connectivity index (χ1) is 16.2. The number of alkyl halides is 3. The van der Waals surface area contributed by atoms with Gasteiger partial charge in [0, 0.05) is 33.4 Å². The first kappa shape index (κ1) is 24.8. The van der Waals surface area contributed by atoms with Crippen LogP contribution in [0.5, 0.6) is 0 Å². The predicted octanol–water partition coefficient (Wildman–Crippen LogP) is 7.76. The van der Waals surface area contributed by atoms with Crippen LogP contribution in [0.1, 0.15) is 58.9 Å². The zero-order valence-electron chi connectivity index (χ0n) is 18.8. The molecule has 4 rings (SSSR count). The molecular weight excluding hydrogens is 479 g/mol. The number of aromatic nitrogens is 1. The van der Waals surface area contributed by atoms with E-state index in [1.54, 1.807) is 23.1 Å². The highest BCUT2D eigenvalue weighted by atomic mass is 32.2. The van der Waals surface area contributed by atoms with Crippen LogP contribution in [0.25, 0.3) is 10.6 Å². The molecule has 0 unspecified atom stereocenters. The Bertz CT molecular complexity index is 1160. The van der Waals surface area contributed by atoms with E-state index in [1.165, 1.54) is 17.0 Å². The molecule has 0 saturated carbocycles.